The van der Waals surface area contributed by atoms with Crippen LogP contribution in [0.5, 0.6) is 0 Å². The summed E-state index contributed by atoms with van der Waals surface area (Å²) in [6, 6.07) is 0. The lowest BCUT2D eigenvalue weighted by molar-refractivity contribution is -0.162. The molecule has 23 heavy (non-hydrogen) atoms. The van der Waals surface area contributed by atoms with Crippen LogP contribution in [0.2, 0.25) is 0 Å². The number of ether oxygens (including phenoxy) is 2. The number of hydrogen-bond donors (Lipinski definition) is 0. The fourth-order valence-electron chi connectivity index (χ4n) is 2.87. The minimum atomic E-state index is 0.0928. The highest BCUT2D eigenvalue weighted by Crippen LogP contribution is 2.15. The molecule has 134 valence electrons. The number of allylic oxidation sites excluding steroid dienone is 4. The van der Waals surface area contributed by atoms with Crippen LogP contribution in [0.3, 0.4) is 0 Å². The summed E-state index contributed by atoms with van der Waals surface area (Å²) in [7, 11) is 0. The maximum absolute atomic E-state index is 5.76. The van der Waals surface area contributed by atoms with Crippen molar-refractivity contribution < 1.29 is 9.47 Å². The van der Waals surface area contributed by atoms with Crippen molar-refractivity contribution in [2.45, 2.75) is 96.7 Å². The van der Waals surface area contributed by atoms with Gasteiger partial charge < -0.3 is 9.47 Å². The highest BCUT2D eigenvalue weighted by atomic mass is 16.7. The molecule has 1 saturated heterocycles. The van der Waals surface area contributed by atoms with E-state index < -0.39 is 0 Å². The summed E-state index contributed by atoms with van der Waals surface area (Å²) < 4.78 is 11.3. The van der Waals surface area contributed by atoms with Crippen molar-refractivity contribution in [2.24, 2.45) is 0 Å². The van der Waals surface area contributed by atoms with Crippen LogP contribution in [0.25, 0.3) is 0 Å². The Morgan fingerprint density at radius 1 is 0.870 bits per heavy atom. The van der Waals surface area contributed by atoms with Crippen molar-refractivity contribution in [1.82, 2.24) is 0 Å². The van der Waals surface area contributed by atoms with Gasteiger partial charge in [-0.2, -0.15) is 0 Å². The first-order valence-electron chi connectivity index (χ1n) is 9.98. The van der Waals surface area contributed by atoms with Gasteiger partial charge in [-0.05, 0) is 44.9 Å². The van der Waals surface area contributed by atoms with Crippen molar-refractivity contribution in [2.75, 3.05) is 13.2 Å². The van der Waals surface area contributed by atoms with Gasteiger partial charge in [-0.3, -0.25) is 0 Å². The maximum Gasteiger partial charge on any atom is 0.157 e. The molecule has 0 N–H and O–H groups in total. The lowest BCUT2D eigenvalue weighted by Gasteiger charge is -2.22. The Balaban J connectivity index is 1.73. The van der Waals surface area contributed by atoms with E-state index in [4.69, 9.17) is 9.47 Å². The van der Waals surface area contributed by atoms with E-state index in [9.17, 15) is 0 Å². The molecule has 0 aromatic carbocycles. The molecule has 0 saturated carbocycles. The fourth-order valence-corrected chi connectivity index (χ4v) is 2.87. The van der Waals surface area contributed by atoms with Gasteiger partial charge >= 0.3 is 0 Å². The van der Waals surface area contributed by atoms with E-state index in [1.165, 1.54) is 70.6 Å². The third-order valence-corrected chi connectivity index (χ3v) is 4.33. The largest absolute Gasteiger partial charge is 0.353 e. The average Bonchev–Trinajstić information content (AvgIpc) is 2.59. The van der Waals surface area contributed by atoms with Crippen molar-refractivity contribution in [1.29, 1.82) is 0 Å². The summed E-state index contributed by atoms with van der Waals surface area (Å²) >= 11 is 0. The molecule has 0 aromatic heterocycles. The zero-order valence-electron chi connectivity index (χ0n) is 15.3. The van der Waals surface area contributed by atoms with Crippen LogP contribution in [0.15, 0.2) is 24.3 Å². The summed E-state index contributed by atoms with van der Waals surface area (Å²) in [4.78, 5) is 0. The first-order valence-corrected chi connectivity index (χ1v) is 9.98. The monoisotopic (exact) mass is 322 g/mol. The summed E-state index contributed by atoms with van der Waals surface area (Å²) in [5, 5.41) is 0. The summed E-state index contributed by atoms with van der Waals surface area (Å²) in [5.41, 5.74) is 0. The molecule has 1 fully saturated rings. The predicted molar refractivity (Wildman–Crippen MR) is 99.7 cm³/mol. The second-order valence-electron chi connectivity index (χ2n) is 6.55. The molecule has 1 atom stereocenters. The van der Waals surface area contributed by atoms with Crippen LogP contribution in [-0.2, 0) is 9.47 Å². The Bertz CT molecular complexity index is 290. The smallest absolute Gasteiger partial charge is 0.157 e. The molecule has 2 heteroatoms. The highest BCUT2D eigenvalue weighted by Gasteiger charge is 2.13. The molecule has 0 amide bonds. The zero-order chi connectivity index (χ0) is 16.4. The first-order chi connectivity index (χ1) is 11.4. The molecular formula is C21H38O2. The van der Waals surface area contributed by atoms with E-state index in [2.05, 4.69) is 31.2 Å². The quantitative estimate of drug-likeness (QED) is 0.266. The lowest BCUT2D eigenvalue weighted by atomic mass is 10.1. The third-order valence-electron chi connectivity index (χ3n) is 4.33. The Labute approximate surface area is 144 Å². The van der Waals surface area contributed by atoms with Gasteiger partial charge in [-0.15, -0.1) is 0 Å². The van der Waals surface area contributed by atoms with E-state index in [0.29, 0.717) is 0 Å². The molecule has 0 radical (unpaired) electrons. The molecule has 0 spiro atoms. The van der Waals surface area contributed by atoms with E-state index >= 15 is 0 Å². The topological polar surface area (TPSA) is 18.5 Å². The van der Waals surface area contributed by atoms with Crippen LogP contribution in [-0.4, -0.2) is 19.5 Å². The normalized spacial score (nSPS) is 19.1. The molecule has 1 heterocycles. The Morgan fingerprint density at radius 2 is 1.57 bits per heavy atom. The SMILES string of the molecule is CC/C=C/C=C/CCCCCCCCCCOC1CCCCO1. The summed E-state index contributed by atoms with van der Waals surface area (Å²) in [5.74, 6) is 0. The van der Waals surface area contributed by atoms with Gasteiger partial charge in [-0.1, -0.05) is 69.8 Å². The van der Waals surface area contributed by atoms with Crippen LogP contribution in [0.1, 0.15) is 90.4 Å². The second-order valence-corrected chi connectivity index (χ2v) is 6.55. The van der Waals surface area contributed by atoms with Crippen LogP contribution >= 0.6 is 0 Å². The number of rotatable bonds is 14. The zero-order valence-corrected chi connectivity index (χ0v) is 15.3. The van der Waals surface area contributed by atoms with E-state index in [-0.39, 0.29) is 6.29 Å². The Hall–Kier alpha value is -0.600. The van der Waals surface area contributed by atoms with Crippen molar-refractivity contribution in [3.8, 4) is 0 Å². The fraction of sp³-hybridized carbons (Fsp3) is 0.810. The summed E-state index contributed by atoms with van der Waals surface area (Å²) in [6.45, 7) is 3.93. The number of unbranched alkanes of at least 4 members (excludes halogenated alkanes) is 8. The molecule has 1 aliphatic rings. The first kappa shape index (κ1) is 20.4. The van der Waals surface area contributed by atoms with Gasteiger partial charge in [0.05, 0.1) is 0 Å². The van der Waals surface area contributed by atoms with Gasteiger partial charge in [0.1, 0.15) is 0 Å². The molecule has 0 aliphatic carbocycles. The minimum Gasteiger partial charge on any atom is -0.353 e. The molecule has 1 rings (SSSR count). The minimum absolute atomic E-state index is 0.0928. The van der Waals surface area contributed by atoms with Crippen molar-refractivity contribution in [3.63, 3.8) is 0 Å². The van der Waals surface area contributed by atoms with Crippen molar-refractivity contribution in [3.05, 3.63) is 24.3 Å². The van der Waals surface area contributed by atoms with E-state index in [0.717, 1.165) is 26.1 Å². The Kier molecular flexibility index (Phi) is 14.5. The van der Waals surface area contributed by atoms with Crippen LogP contribution < -0.4 is 0 Å². The van der Waals surface area contributed by atoms with Crippen molar-refractivity contribution >= 4 is 0 Å². The van der Waals surface area contributed by atoms with Gasteiger partial charge in [0, 0.05) is 13.2 Å². The highest BCUT2D eigenvalue weighted by molar-refractivity contribution is 5.01. The summed E-state index contributed by atoms with van der Waals surface area (Å²) in [6.07, 6.45) is 25.6. The lowest BCUT2D eigenvalue weighted by Crippen LogP contribution is -2.22. The third kappa shape index (κ3) is 13.5. The Morgan fingerprint density at radius 3 is 2.26 bits per heavy atom. The van der Waals surface area contributed by atoms with Gasteiger partial charge in [-0.25, -0.2) is 0 Å². The van der Waals surface area contributed by atoms with Gasteiger partial charge in [0.2, 0.25) is 0 Å². The maximum atomic E-state index is 5.76. The molecule has 1 aliphatic heterocycles. The van der Waals surface area contributed by atoms with E-state index in [1.54, 1.807) is 0 Å². The van der Waals surface area contributed by atoms with Gasteiger partial charge in [0.25, 0.3) is 0 Å². The van der Waals surface area contributed by atoms with Gasteiger partial charge in [0.15, 0.2) is 6.29 Å². The standard InChI is InChI=1S/C21H38O2/c1-2-3-4-5-6-7-8-9-10-11-12-13-14-16-19-22-21-18-15-17-20-23-21/h3-6,21H,2,7-20H2,1H3/b4-3+,6-5+. The molecule has 0 aromatic rings. The van der Waals surface area contributed by atoms with Crippen LogP contribution in [0.4, 0.5) is 0 Å². The molecular weight excluding hydrogens is 284 g/mol. The number of hydrogen-bond acceptors (Lipinski definition) is 2. The van der Waals surface area contributed by atoms with E-state index in [1.807, 2.05) is 0 Å². The second kappa shape index (κ2) is 16.3. The molecule has 1 unspecified atom stereocenters. The molecule has 0 bridgehead atoms. The average molecular weight is 323 g/mol. The molecule has 2 nitrogen and oxygen atoms in total. The van der Waals surface area contributed by atoms with Crippen LogP contribution in [0, 0.1) is 0 Å². The predicted octanol–water partition coefficient (Wildman–Crippen LogP) is 6.56.